The van der Waals surface area contributed by atoms with Crippen LogP contribution in [0.3, 0.4) is 0 Å². The van der Waals surface area contributed by atoms with Crippen LogP contribution in [-0.4, -0.2) is 41.5 Å². The Hall–Kier alpha value is -1.42. The molecular weight excluding hydrogens is 226 g/mol. The maximum absolute atomic E-state index is 12.2. The van der Waals surface area contributed by atoms with Crippen LogP contribution in [0.1, 0.15) is 26.5 Å². The predicted octanol–water partition coefficient (Wildman–Crippen LogP) is 1.47. The fraction of sp³-hybridized carbons (Fsp3) is 0.571. The fourth-order valence-electron chi connectivity index (χ4n) is 1.92. The largest absolute Gasteiger partial charge is 0.344 e. The molecule has 1 amide bonds. The first kappa shape index (κ1) is 14.6. The van der Waals surface area contributed by atoms with Gasteiger partial charge in [-0.25, -0.2) is 0 Å². The van der Waals surface area contributed by atoms with Crippen LogP contribution < -0.4 is 5.32 Å². The molecule has 0 aliphatic heterocycles. The Bertz CT molecular complexity index is 376. The van der Waals surface area contributed by atoms with Gasteiger partial charge in [0, 0.05) is 31.9 Å². The molecule has 0 radical (unpaired) electrons. The molecule has 0 fully saturated rings. The Morgan fingerprint density at radius 3 is 2.72 bits per heavy atom. The third-order valence-corrected chi connectivity index (χ3v) is 2.93. The van der Waals surface area contributed by atoms with E-state index in [0.29, 0.717) is 6.54 Å². The second kappa shape index (κ2) is 6.50. The average Bonchev–Trinajstić information content (AvgIpc) is 2.36. The molecule has 18 heavy (non-hydrogen) atoms. The van der Waals surface area contributed by atoms with Crippen molar-refractivity contribution in [3.8, 4) is 0 Å². The number of carbonyl (C=O) groups is 1. The molecule has 0 saturated heterocycles. The number of likely N-dealkylation sites (N-methyl/N-ethyl adjacent to an activating group) is 2. The van der Waals surface area contributed by atoms with Crippen molar-refractivity contribution in [1.82, 2.24) is 15.2 Å². The van der Waals surface area contributed by atoms with Crippen LogP contribution >= 0.6 is 0 Å². The van der Waals surface area contributed by atoms with Crippen LogP contribution in [-0.2, 0) is 11.2 Å². The lowest BCUT2D eigenvalue weighted by Crippen LogP contribution is -2.53. The van der Waals surface area contributed by atoms with Crippen molar-refractivity contribution in [3.63, 3.8) is 0 Å². The molecule has 0 spiro atoms. The van der Waals surface area contributed by atoms with Gasteiger partial charge in [-0.1, -0.05) is 13.0 Å². The van der Waals surface area contributed by atoms with Crippen LogP contribution in [0.2, 0.25) is 0 Å². The molecule has 1 rings (SSSR count). The van der Waals surface area contributed by atoms with Gasteiger partial charge in [-0.15, -0.1) is 0 Å². The van der Waals surface area contributed by atoms with Crippen LogP contribution in [0.4, 0.5) is 0 Å². The molecule has 0 unspecified atom stereocenters. The molecule has 0 bridgehead atoms. The fourth-order valence-corrected chi connectivity index (χ4v) is 1.92. The summed E-state index contributed by atoms with van der Waals surface area (Å²) >= 11 is 0. The molecule has 0 saturated carbocycles. The number of pyridine rings is 1. The summed E-state index contributed by atoms with van der Waals surface area (Å²) in [5.74, 6) is 0.111. The summed E-state index contributed by atoms with van der Waals surface area (Å²) in [7, 11) is 1.84. The zero-order chi connectivity index (χ0) is 13.6. The number of amides is 1. The summed E-state index contributed by atoms with van der Waals surface area (Å²) < 4.78 is 0. The van der Waals surface area contributed by atoms with E-state index in [9.17, 15) is 4.79 Å². The van der Waals surface area contributed by atoms with Gasteiger partial charge in [0.2, 0.25) is 5.91 Å². The molecule has 0 aliphatic rings. The van der Waals surface area contributed by atoms with Crippen LogP contribution in [0.15, 0.2) is 24.4 Å². The standard InChI is InChI=1S/C14H23N3O/c1-5-16-14(2,3)13(18)17(4)11-9-12-8-6-7-10-15-12/h6-8,10,16H,5,9,11H2,1-4H3. The highest BCUT2D eigenvalue weighted by Gasteiger charge is 2.28. The second-order valence-electron chi connectivity index (χ2n) is 4.95. The minimum absolute atomic E-state index is 0.111. The number of nitrogens with zero attached hydrogens (tertiary/aromatic N) is 2. The summed E-state index contributed by atoms with van der Waals surface area (Å²) in [5.41, 5.74) is 0.506. The minimum Gasteiger partial charge on any atom is -0.344 e. The van der Waals surface area contributed by atoms with E-state index in [2.05, 4.69) is 10.3 Å². The lowest BCUT2D eigenvalue weighted by atomic mass is 10.0. The molecule has 1 N–H and O–H groups in total. The Morgan fingerprint density at radius 1 is 1.44 bits per heavy atom. The molecule has 0 aromatic carbocycles. The van der Waals surface area contributed by atoms with Gasteiger partial charge in [0.05, 0.1) is 5.54 Å². The van der Waals surface area contributed by atoms with Crippen molar-refractivity contribution in [1.29, 1.82) is 0 Å². The van der Waals surface area contributed by atoms with Gasteiger partial charge < -0.3 is 10.2 Å². The smallest absolute Gasteiger partial charge is 0.242 e. The lowest BCUT2D eigenvalue weighted by Gasteiger charge is -2.30. The number of hydrogen-bond acceptors (Lipinski definition) is 3. The van der Waals surface area contributed by atoms with E-state index in [1.54, 1.807) is 11.1 Å². The molecule has 1 aromatic rings. The van der Waals surface area contributed by atoms with Gasteiger partial charge in [0.15, 0.2) is 0 Å². The Labute approximate surface area is 109 Å². The summed E-state index contributed by atoms with van der Waals surface area (Å²) in [5, 5.41) is 3.19. The number of hydrogen-bond donors (Lipinski definition) is 1. The van der Waals surface area contributed by atoms with E-state index in [1.165, 1.54) is 0 Å². The van der Waals surface area contributed by atoms with Crippen LogP contribution in [0.5, 0.6) is 0 Å². The van der Waals surface area contributed by atoms with E-state index in [-0.39, 0.29) is 5.91 Å². The van der Waals surface area contributed by atoms with Gasteiger partial charge in [-0.3, -0.25) is 9.78 Å². The summed E-state index contributed by atoms with van der Waals surface area (Å²) in [6.07, 6.45) is 2.56. The Morgan fingerprint density at radius 2 is 2.17 bits per heavy atom. The first-order valence-corrected chi connectivity index (χ1v) is 6.38. The number of rotatable bonds is 6. The van der Waals surface area contributed by atoms with Gasteiger partial charge in [0.25, 0.3) is 0 Å². The SMILES string of the molecule is CCNC(C)(C)C(=O)N(C)CCc1ccccn1. The highest BCUT2D eigenvalue weighted by atomic mass is 16.2. The molecule has 1 aromatic heterocycles. The van der Waals surface area contributed by atoms with Gasteiger partial charge >= 0.3 is 0 Å². The van der Waals surface area contributed by atoms with Crippen molar-refractivity contribution in [2.24, 2.45) is 0 Å². The summed E-state index contributed by atoms with van der Waals surface area (Å²) in [6, 6.07) is 5.84. The third-order valence-electron chi connectivity index (χ3n) is 2.93. The molecule has 1 heterocycles. The second-order valence-corrected chi connectivity index (χ2v) is 4.95. The van der Waals surface area contributed by atoms with Crippen LogP contribution in [0, 0.1) is 0 Å². The number of nitrogens with one attached hydrogen (secondary N) is 1. The van der Waals surface area contributed by atoms with E-state index < -0.39 is 5.54 Å². The molecule has 4 nitrogen and oxygen atoms in total. The topological polar surface area (TPSA) is 45.2 Å². The monoisotopic (exact) mass is 249 g/mol. The van der Waals surface area contributed by atoms with E-state index in [1.807, 2.05) is 46.0 Å². The molecule has 4 heteroatoms. The Balaban J connectivity index is 2.50. The van der Waals surface area contributed by atoms with Crippen molar-refractivity contribution >= 4 is 5.91 Å². The molecule has 100 valence electrons. The maximum Gasteiger partial charge on any atom is 0.242 e. The number of carbonyl (C=O) groups excluding carboxylic acids is 1. The number of aromatic nitrogens is 1. The van der Waals surface area contributed by atoms with Crippen molar-refractivity contribution in [2.75, 3.05) is 20.1 Å². The zero-order valence-corrected chi connectivity index (χ0v) is 11.7. The van der Waals surface area contributed by atoms with E-state index in [0.717, 1.165) is 18.7 Å². The first-order valence-electron chi connectivity index (χ1n) is 6.38. The Kier molecular flexibility index (Phi) is 5.28. The van der Waals surface area contributed by atoms with Gasteiger partial charge in [-0.05, 0) is 32.5 Å². The normalized spacial score (nSPS) is 11.3. The first-order chi connectivity index (χ1) is 8.47. The van der Waals surface area contributed by atoms with E-state index in [4.69, 9.17) is 0 Å². The quantitative estimate of drug-likeness (QED) is 0.830. The highest BCUT2D eigenvalue weighted by Crippen LogP contribution is 2.07. The molecular formula is C14H23N3O. The highest BCUT2D eigenvalue weighted by molar-refractivity contribution is 5.85. The maximum atomic E-state index is 12.2. The van der Waals surface area contributed by atoms with Crippen LogP contribution in [0.25, 0.3) is 0 Å². The third kappa shape index (κ3) is 4.11. The molecule has 0 aliphatic carbocycles. The lowest BCUT2D eigenvalue weighted by molar-refractivity contribution is -0.135. The van der Waals surface area contributed by atoms with Crippen molar-refractivity contribution < 1.29 is 4.79 Å². The zero-order valence-electron chi connectivity index (χ0n) is 11.7. The van der Waals surface area contributed by atoms with Gasteiger partial charge in [-0.2, -0.15) is 0 Å². The van der Waals surface area contributed by atoms with Crippen molar-refractivity contribution in [2.45, 2.75) is 32.7 Å². The van der Waals surface area contributed by atoms with Crippen molar-refractivity contribution in [3.05, 3.63) is 30.1 Å². The summed E-state index contributed by atoms with van der Waals surface area (Å²) in [6.45, 7) is 7.30. The average molecular weight is 249 g/mol. The van der Waals surface area contributed by atoms with E-state index >= 15 is 0 Å². The summed E-state index contributed by atoms with van der Waals surface area (Å²) in [4.78, 5) is 18.2. The molecule has 0 atom stereocenters. The predicted molar refractivity (Wildman–Crippen MR) is 73.3 cm³/mol. The van der Waals surface area contributed by atoms with Gasteiger partial charge in [0.1, 0.15) is 0 Å². The minimum atomic E-state index is -0.506.